The fraction of sp³-hybridized carbons (Fsp3) is 0.733. The molecule has 1 aromatic rings. The highest BCUT2D eigenvalue weighted by atomic mass is 16.3. The Balaban J connectivity index is 2.12. The third-order valence-electron chi connectivity index (χ3n) is 4.17. The summed E-state index contributed by atoms with van der Waals surface area (Å²) in [5.41, 5.74) is 5.98. The van der Waals surface area contributed by atoms with Crippen LogP contribution in [0.5, 0.6) is 0 Å². The molecule has 1 saturated heterocycles. The Hall–Kier alpha value is -0.800. The molecule has 1 aliphatic heterocycles. The summed E-state index contributed by atoms with van der Waals surface area (Å²) in [6.45, 7) is 8.53. The van der Waals surface area contributed by atoms with Crippen molar-refractivity contribution in [3.63, 3.8) is 0 Å². The van der Waals surface area contributed by atoms with Gasteiger partial charge in [0.15, 0.2) is 0 Å². The minimum atomic E-state index is 0.243. The molecule has 3 heteroatoms. The zero-order chi connectivity index (χ0) is 13.1. The van der Waals surface area contributed by atoms with Crippen molar-refractivity contribution in [3.05, 3.63) is 23.7 Å². The summed E-state index contributed by atoms with van der Waals surface area (Å²) in [4.78, 5) is 2.51. The van der Waals surface area contributed by atoms with Crippen LogP contribution in [-0.2, 0) is 6.42 Å². The second-order valence-electron chi connectivity index (χ2n) is 5.63. The highest BCUT2D eigenvalue weighted by molar-refractivity contribution is 5.12. The Morgan fingerprint density at radius 3 is 2.78 bits per heavy atom. The first kappa shape index (κ1) is 13.6. The van der Waals surface area contributed by atoms with E-state index >= 15 is 0 Å². The molecule has 0 bridgehead atoms. The zero-order valence-corrected chi connectivity index (χ0v) is 11.9. The molecule has 2 rings (SSSR count). The van der Waals surface area contributed by atoms with E-state index in [9.17, 15) is 0 Å². The lowest BCUT2D eigenvalue weighted by Crippen LogP contribution is -2.44. The Morgan fingerprint density at radius 1 is 1.44 bits per heavy atom. The van der Waals surface area contributed by atoms with Gasteiger partial charge in [-0.3, -0.25) is 4.90 Å². The van der Waals surface area contributed by atoms with Gasteiger partial charge in [0.25, 0.3) is 0 Å². The van der Waals surface area contributed by atoms with Crippen LogP contribution in [0.2, 0.25) is 0 Å². The molecule has 3 nitrogen and oxygen atoms in total. The SMILES string of the molecule is CCc1ccc(C(CN)N2CCC(C)CC2C)o1. The van der Waals surface area contributed by atoms with Gasteiger partial charge in [-0.25, -0.2) is 0 Å². The lowest BCUT2D eigenvalue weighted by atomic mass is 9.91. The van der Waals surface area contributed by atoms with Crippen molar-refractivity contribution >= 4 is 0 Å². The molecule has 0 radical (unpaired) electrons. The minimum Gasteiger partial charge on any atom is -0.464 e. The quantitative estimate of drug-likeness (QED) is 0.893. The molecule has 18 heavy (non-hydrogen) atoms. The maximum Gasteiger partial charge on any atom is 0.122 e. The topological polar surface area (TPSA) is 42.4 Å². The van der Waals surface area contributed by atoms with Crippen molar-refractivity contribution in [1.29, 1.82) is 0 Å². The monoisotopic (exact) mass is 250 g/mol. The number of likely N-dealkylation sites (tertiary alicyclic amines) is 1. The smallest absolute Gasteiger partial charge is 0.122 e. The number of hydrogen-bond acceptors (Lipinski definition) is 3. The summed E-state index contributed by atoms with van der Waals surface area (Å²) in [6.07, 6.45) is 3.48. The molecule has 2 heterocycles. The number of piperidine rings is 1. The first-order chi connectivity index (χ1) is 8.65. The van der Waals surface area contributed by atoms with Crippen LogP contribution in [0, 0.1) is 5.92 Å². The van der Waals surface area contributed by atoms with E-state index in [-0.39, 0.29) is 6.04 Å². The maximum absolute atomic E-state index is 5.98. The summed E-state index contributed by atoms with van der Waals surface area (Å²) in [6, 6.07) is 5.02. The highest BCUT2D eigenvalue weighted by Crippen LogP contribution is 2.31. The average molecular weight is 250 g/mol. The van der Waals surface area contributed by atoms with Crippen molar-refractivity contribution in [2.24, 2.45) is 11.7 Å². The number of furan rings is 1. The van der Waals surface area contributed by atoms with Gasteiger partial charge in [0, 0.05) is 19.0 Å². The van der Waals surface area contributed by atoms with E-state index in [1.165, 1.54) is 12.8 Å². The van der Waals surface area contributed by atoms with Gasteiger partial charge in [-0.2, -0.15) is 0 Å². The van der Waals surface area contributed by atoms with Crippen LogP contribution in [0.25, 0.3) is 0 Å². The lowest BCUT2D eigenvalue weighted by Gasteiger charge is -2.40. The summed E-state index contributed by atoms with van der Waals surface area (Å²) < 4.78 is 5.89. The van der Waals surface area contributed by atoms with Crippen molar-refractivity contribution in [2.45, 2.75) is 52.1 Å². The lowest BCUT2D eigenvalue weighted by molar-refractivity contribution is 0.0737. The number of nitrogens with zero attached hydrogens (tertiary/aromatic N) is 1. The fourth-order valence-electron chi connectivity index (χ4n) is 3.07. The van der Waals surface area contributed by atoms with Crippen LogP contribution in [0.1, 0.15) is 51.2 Å². The molecule has 0 spiro atoms. The van der Waals surface area contributed by atoms with Gasteiger partial charge >= 0.3 is 0 Å². The van der Waals surface area contributed by atoms with Crippen molar-refractivity contribution < 1.29 is 4.42 Å². The standard InChI is InChI=1S/C15H26N2O/c1-4-13-5-6-15(18-13)14(10-16)17-8-7-11(2)9-12(17)3/h5-6,11-12,14H,4,7-10,16H2,1-3H3. The summed E-state index contributed by atoms with van der Waals surface area (Å²) in [5, 5.41) is 0. The van der Waals surface area contributed by atoms with E-state index < -0.39 is 0 Å². The molecule has 1 aromatic heterocycles. The van der Waals surface area contributed by atoms with E-state index in [1.54, 1.807) is 0 Å². The van der Waals surface area contributed by atoms with E-state index in [1.807, 2.05) is 0 Å². The van der Waals surface area contributed by atoms with Crippen LogP contribution < -0.4 is 5.73 Å². The Morgan fingerprint density at radius 2 is 2.22 bits per heavy atom. The second-order valence-corrected chi connectivity index (χ2v) is 5.63. The van der Waals surface area contributed by atoms with Crippen LogP contribution in [0.15, 0.2) is 16.5 Å². The number of aryl methyl sites for hydroxylation is 1. The molecular weight excluding hydrogens is 224 g/mol. The van der Waals surface area contributed by atoms with Crippen LogP contribution in [0.3, 0.4) is 0 Å². The number of nitrogens with two attached hydrogens (primary N) is 1. The van der Waals surface area contributed by atoms with Crippen LogP contribution in [-0.4, -0.2) is 24.0 Å². The van der Waals surface area contributed by atoms with Crippen LogP contribution >= 0.6 is 0 Å². The summed E-state index contributed by atoms with van der Waals surface area (Å²) in [5.74, 6) is 2.93. The van der Waals surface area contributed by atoms with Crippen LogP contribution in [0.4, 0.5) is 0 Å². The number of hydrogen-bond donors (Lipinski definition) is 1. The minimum absolute atomic E-state index is 0.243. The van der Waals surface area contributed by atoms with Gasteiger partial charge in [-0.05, 0) is 44.4 Å². The van der Waals surface area contributed by atoms with E-state index in [0.29, 0.717) is 12.6 Å². The molecule has 102 valence electrons. The predicted octanol–water partition coefficient (Wildman–Crippen LogP) is 2.96. The Bertz CT molecular complexity index is 374. The van der Waals surface area contributed by atoms with E-state index in [2.05, 4.69) is 37.8 Å². The average Bonchev–Trinajstić information content (AvgIpc) is 2.81. The third kappa shape index (κ3) is 2.78. The Labute approximate surface area is 110 Å². The third-order valence-corrected chi connectivity index (χ3v) is 4.17. The molecule has 0 saturated carbocycles. The molecule has 1 aliphatic rings. The fourth-order valence-corrected chi connectivity index (χ4v) is 3.07. The molecule has 1 fully saturated rings. The molecule has 3 atom stereocenters. The van der Waals surface area contributed by atoms with Crippen molar-refractivity contribution in [3.8, 4) is 0 Å². The van der Waals surface area contributed by atoms with Gasteiger partial charge < -0.3 is 10.2 Å². The van der Waals surface area contributed by atoms with Gasteiger partial charge in [-0.1, -0.05) is 13.8 Å². The molecular formula is C15H26N2O. The molecule has 0 amide bonds. The van der Waals surface area contributed by atoms with Gasteiger partial charge in [0.1, 0.15) is 11.5 Å². The predicted molar refractivity (Wildman–Crippen MR) is 74.4 cm³/mol. The molecule has 0 aromatic carbocycles. The summed E-state index contributed by atoms with van der Waals surface area (Å²) >= 11 is 0. The van der Waals surface area contributed by atoms with Gasteiger partial charge in [-0.15, -0.1) is 0 Å². The molecule has 3 unspecified atom stereocenters. The highest BCUT2D eigenvalue weighted by Gasteiger charge is 2.30. The number of rotatable bonds is 4. The van der Waals surface area contributed by atoms with Gasteiger partial charge in [0.2, 0.25) is 0 Å². The molecule has 2 N–H and O–H groups in total. The largest absolute Gasteiger partial charge is 0.464 e. The van der Waals surface area contributed by atoms with E-state index in [4.69, 9.17) is 10.2 Å². The molecule has 0 aliphatic carbocycles. The zero-order valence-electron chi connectivity index (χ0n) is 11.9. The first-order valence-electron chi connectivity index (χ1n) is 7.20. The first-order valence-corrected chi connectivity index (χ1v) is 7.20. The van der Waals surface area contributed by atoms with Crippen molar-refractivity contribution in [2.75, 3.05) is 13.1 Å². The normalized spacial score (nSPS) is 27.3. The van der Waals surface area contributed by atoms with Gasteiger partial charge in [0.05, 0.1) is 6.04 Å². The summed E-state index contributed by atoms with van der Waals surface area (Å²) in [7, 11) is 0. The van der Waals surface area contributed by atoms with Crippen molar-refractivity contribution in [1.82, 2.24) is 4.90 Å². The maximum atomic E-state index is 5.98. The second kappa shape index (κ2) is 5.89. The van der Waals surface area contributed by atoms with E-state index in [0.717, 1.165) is 30.4 Å². The Kier molecular flexibility index (Phi) is 4.46.